The third kappa shape index (κ3) is 3.62. The van der Waals surface area contributed by atoms with Crippen LogP contribution in [0, 0.1) is 12.7 Å². The summed E-state index contributed by atoms with van der Waals surface area (Å²) in [6.45, 7) is 1.84. The van der Waals surface area contributed by atoms with Crippen LogP contribution in [0.1, 0.15) is 22.1 Å². The minimum absolute atomic E-state index is 0.278. The Hall–Kier alpha value is -0.760. The predicted octanol–water partition coefficient (Wildman–Crippen LogP) is 5.96. The summed E-state index contributed by atoms with van der Waals surface area (Å²) in [4.78, 5) is 0. The van der Waals surface area contributed by atoms with E-state index in [-0.39, 0.29) is 5.82 Å². The van der Waals surface area contributed by atoms with Crippen molar-refractivity contribution in [1.29, 1.82) is 0 Å². The maximum absolute atomic E-state index is 13.8. The van der Waals surface area contributed by atoms with Crippen molar-refractivity contribution < 1.29 is 4.39 Å². The second-order valence-corrected chi connectivity index (χ2v) is 5.79. The molecule has 1 atom stereocenters. The average Bonchev–Trinajstić information content (AvgIpc) is 2.33. The third-order valence-corrected chi connectivity index (χ3v) is 4.02. The molecule has 0 fully saturated rings. The van der Waals surface area contributed by atoms with Crippen molar-refractivity contribution in [2.45, 2.75) is 18.7 Å². The van der Waals surface area contributed by atoms with E-state index in [0.717, 1.165) is 11.1 Å². The molecule has 0 aliphatic heterocycles. The highest BCUT2D eigenvalue weighted by Gasteiger charge is 2.14. The molecule has 19 heavy (non-hydrogen) atoms. The fourth-order valence-corrected chi connectivity index (χ4v) is 2.55. The molecular formula is C15H12Cl3F. The molecule has 0 aliphatic carbocycles. The largest absolute Gasteiger partial charge is 0.207 e. The lowest BCUT2D eigenvalue weighted by Gasteiger charge is -2.12. The van der Waals surface area contributed by atoms with Crippen molar-refractivity contribution in [1.82, 2.24) is 0 Å². The Balaban J connectivity index is 2.20. The van der Waals surface area contributed by atoms with Gasteiger partial charge in [-0.25, -0.2) is 4.39 Å². The Labute approximate surface area is 127 Å². The topological polar surface area (TPSA) is 0 Å². The summed E-state index contributed by atoms with van der Waals surface area (Å²) in [6.07, 6.45) is 0.498. The van der Waals surface area contributed by atoms with Gasteiger partial charge in [-0.1, -0.05) is 41.4 Å². The zero-order chi connectivity index (χ0) is 14.0. The standard InChI is InChI=1S/C15H12Cl3F/c1-9-2-4-11(15(19)6-9)13(17)7-10-3-5-12(16)14(18)8-10/h2-6,8,13H,7H2,1H3. The quantitative estimate of drug-likeness (QED) is 0.612. The van der Waals surface area contributed by atoms with Crippen LogP contribution < -0.4 is 0 Å². The normalized spacial score (nSPS) is 12.5. The molecule has 0 radical (unpaired) electrons. The van der Waals surface area contributed by atoms with Gasteiger partial charge >= 0.3 is 0 Å². The molecule has 2 aromatic rings. The molecular weight excluding hydrogens is 306 g/mol. The Morgan fingerprint density at radius 1 is 1.05 bits per heavy atom. The van der Waals surface area contributed by atoms with E-state index in [9.17, 15) is 4.39 Å². The first-order chi connectivity index (χ1) is 8.97. The van der Waals surface area contributed by atoms with E-state index in [4.69, 9.17) is 34.8 Å². The van der Waals surface area contributed by atoms with Crippen molar-refractivity contribution >= 4 is 34.8 Å². The molecule has 0 nitrogen and oxygen atoms in total. The summed E-state index contributed by atoms with van der Waals surface area (Å²) in [7, 11) is 0. The first kappa shape index (κ1) is 14.6. The van der Waals surface area contributed by atoms with Gasteiger partial charge in [0.15, 0.2) is 0 Å². The second kappa shape index (κ2) is 6.13. The highest BCUT2D eigenvalue weighted by Crippen LogP contribution is 2.30. The van der Waals surface area contributed by atoms with Crippen LogP contribution in [0.2, 0.25) is 10.0 Å². The molecule has 2 aromatic carbocycles. The minimum Gasteiger partial charge on any atom is -0.207 e. The van der Waals surface area contributed by atoms with Gasteiger partial charge in [0.05, 0.1) is 15.4 Å². The summed E-state index contributed by atoms with van der Waals surface area (Å²) in [5, 5.41) is 0.545. The van der Waals surface area contributed by atoms with Gasteiger partial charge in [-0.15, -0.1) is 11.6 Å². The van der Waals surface area contributed by atoms with Gasteiger partial charge in [-0.3, -0.25) is 0 Å². The van der Waals surface area contributed by atoms with E-state index in [0.29, 0.717) is 22.0 Å². The average molecular weight is 318 g/mol. The maximum Gasteiger partial charge on any atom is 0.128 e. The molecule has 0 aromatic heterocycles. The van der Waals surface area contributed by atoms with Crippen LogP contribution in [0.15, 0.2) is 36.4 Å². The molecule has 0 saturated heterocycles. The first-order valence-corrected chi connectivity index (χ1v) is 7.00. The van der Waals surface area contributed by atoms with Gasteiger partial charge in [0, 0.05) is 5.56 Å². The molecule has 2 rings (SSSR count). The number of aryl methyl sites for hydroxylation is 1. The summed E-state index contributed by atoms with van der Waals surface area (Å²) in [5.41, 5.74) is 2.30. The summed E-state index contributed by atoms with van der Waals surface area (Å²) in [5.74, 6) is -0.278. The molecule has 0 N–H and O–H groups in total. The number of benzene rings is 2. The molecule has 0 spiro atoms. The van der Waals surface area contributed by atoms with Crippen LogP contribution in [0.4, 0.5) is 4.39 Å². The predicted molar refractivity (Wildman–Crippen MR) is 79.9 cm³/mol. The maximum atomic E-state index is 13.8. The third-order valence-electron chi connectivity index (χ3n) is 2.89. The fraction of sp³-hybridized carbons (Fsp3) is 0.200. The van der Waals surface area contributed by atoms with Crippen LogP contribution in [0.5, 0.6) is 0 Å². The van der Waals surface area contributed by atoms with Crippen molar-refractivity contribution in [2.24, 2.45) is 0 Å². The Morgan fingerprint density at radius 3 is 2.42 bits per heavy atom. The summed E-state index contributed by atoms with van der Waals surface area (Å²) < 4.78 is 13.8. The van der Waals surface area contributed by atoms with Crippen molar-refractivity contribution in [3.05, 3.63) is 69.0 Å². The Kier molecular flexibility index (Phi) is 4.72. The summed E-state index contributed by atoms with van der Waals surface area (Å²) in [6, 6.07) is 10.4. The lowest BCUT2D eigenvalue weighted by molar-refractivity contribution is 0.604. The van der Waals surface area contributed by atoms with Crippen molar-refractivity contribution in [3.8, 4) is 0 Å². The van der Waals surface area contributed by atoms with E-state index in [1.165, 1.54) is 6.07 Å². The second-order valence-electron chi connectivity index (χ2n) is 4.45. The van der Waals surface area contributed by atoms with Gasteiger partial charge in [-0.05, 0) is 42.7 Å². The first-order valence-electron chi connectivity index (χ1n) is 5.81. The Morgan fingerprint density at radius 2 is 1.79 bits per heavy atom. The number of alkyl halides is 1. The van der Waals surface area contributed by atoms with Gasteiger partial charge in [0.25, 0.3) is 0 Å². The molecule has 1 unspecified atom stereocenters. The fourth-order valence-electron chi connectivity index (χ4n) is 1.87. The van der Waals surface area contributed by atoms with Gasteiger partial charge in [-0.2, -0.15) is 0 Å². The van der Waals surface area contributed by atoms with E-state index in [1.807, 2.05) is 19.1 Å². The van der Waals surface area contributed by atoms with E-state index >= 15 is 0 Å². The molecule has 0 aliphatic rings. The molecule has 0 amide bonds. The number of hydrogen-bond donors (Lipinski definition) is 0. The van der Waals surface area contributed by atoms with E-state index in [2.05, 4.69) is 0 Å². The molecule has 0 heterocycles. The van der Waals surface area contributed by atoms with Crippen molar-refractivity contribution in [3.63, 3.8) is 0 Å². The van der Waals surface area contributed by atoms with Crippen molar-refractivity contribution in [2.75, 3.05) is 0 Å². The lowest BCUT2D eigenvalue weighted by Crippen LogP contribution is -1.99. The van der Waals surface area contributed by atoms with Gasteiger partial charge < -0.3 is 0 Å². The molecule has 0 bridgehead atoms. The Bertz CT molecular complexity index is 596. The number of hydrogen-bond acceptors (Lipinski definition) is 0. The van der Waals surface area contributed by atoms with E-state index in [1.54, 1.807) is 18.2 Å². The number of halogens is 4. The van der Waals surface area contributed by atoms with Crippen LogP contribution in [-0.2, 0) is 6.42 Å². The summed E-state index contributed by atoms with van der Waals surface area (Å²) >= 11 is 18.1. The van der Waals surface area contributed by atoms with Crippen LogP contribution >= 0.6 is 34.8 Å². The monoisotopic (exact) mass is 316 g/mol. The van der Waals surface area contributed by atoms with Gasteiger partial charge in [0.2, 0.25) is 0 Å². The molecule has 0 saturated carbocycles. The molecule has 100 valence electrons. The lowest BCUT2D eigenvalue weighted by atomic mass is 10.0. The SMILES string of the molecule is Cc1ccc(C(Cl)Cc2ccc(Cl)c(Cl)c2)c(F)c1. The van der Waals surface area contributed by atoms with Gasteiger partial charge in [0.1, 0.15) is 5.82 Å². The smallest absolute Gasteiger partial charge is 0.128 e. The zero-order valence-corrected chi connectivity index (χ0v) is 12.5. The van der Waals surface area contributed by atoms with E-state index < -0.39 is 5.38 Å². The van der Waals surface area contributed by atoms with Crippen LogP contribution in [-0.4, -0.2) is 0 Å². The highest BCUT2D eigenvalue weighted by atomic mass is 35.5. The van der Waals surface area contributed by atoms with Crippen LogP contribution in [0.3, 0.4) is 0 Å². The minimum atomic E-state index is -0.433. The number of rotatable bonds is 3. The zero-order valence-electron chi connectivity index (χ0n) is 10.3. The molecule has 4 heteroatoms. The van der Waals surface area contributed by atoms with Crippen LogP contribution in [0.25, 0.3) is 0 Å². The highest BCUT2D eigenvalue weighted by molar-refractivity contribution is 6.42.